The maximum atomic E-state index is 12.1. The van der Waals surface area contributed by atoms with E-state index in [0.29, 0.717) is 11.6 Å². The van der Waals surface area contributed by atoms with Crippen LogP contribution in [0.3, 0.4) is 0 Å². The summed E-state index contributed by atoms with van der Waals surface area (Å²) >= 11 is 0. The molecule has 2 heterocycles. The Kier molecular flexibility index (Phi) is 4.56. The Labute approximate surface area is 154 Å². The average Bonchev–Trinajstić information content (AvgIpc) is 3.40. The molecule has 0 fully saturated rings. The summed E-state index contributed by atoms with van der Waals surface area (Å²) in [6.45, 7) is -0.146. The molecular weight excluding hydrogens is 346 g/mol. The number of anilines is 1. The van der Waals surface area contributed by atoms with Crippen LogP contribution in [0.5, 0.6) is 5.75 Å². The molecule has 134 valence electrons. The van der Waals surface area contributed by atoms with Crippen LogP contribution < -0.4 is 10.1 Å². The highest BCUT2D eigenvalue weighted by Crippen LogP contribution is 2.19. The second-order valence-electron chi connectivity index (χ2n) is 5.62. The molecule has 0 aliphatic heterocycles. The minimum atomic E-state index is -0.311. The molecule has 0 aliphatic carbocycles. The van der Waals surface area contributed by atoms with E-state index >= 15 is 0 Å². The number of rotatable bonds is 6. The predicted octanol–water partition coefficient (Wildman–Crippen LogP) is 2.07. The van der Waals surface area contributed by atoms with Crippen LogP contribution in [0.1, 0.15) is 0 Å². The number of benzene rings is 2. The second-order valence-corrected chi connectivity index (χ2v) is 5.62. The molecule has 4 aromatic rings. The number of ether oxygens (including phenoxy) is 1. The van der Waals surface area contributed by atoms with Crippen molar-refractivity contribution in [1.29, 1.82) is 0 Å². The highest BCUT2D eigenvalue weighted by Gasteiger charge is 2.09. The molecule has 0 bridgehead atoms. The summed E-state index contributed by atoms with van der Waals surface area (Å²) in [5, 5.41) is 20.7. The van der Waals surface area contributed by atoms with E-state index in [4.69, 9.17) is 4.74 Å². The first kappa shape index (κ1) is 16.5. The number of carbonyl (C=O) groups excluding carboxylic acids is 1. The maximum absolute atomic E-state index is 12.1. The van der Waals surface area contributed by atoms with Crippen molar-refractivity contribution >= 4 is 11.7 Å². The van der Waals surface area contributed by atoms with Gasteiger partial charge in [0.1, 0.15) is 12.1 Å². The summed E-state index contributed by atoms with van der Waals surface area (Å²) in [5.41, 5.74) is 2.54. The van der Waals surface area contributed by atoms with Crippen LogP contribution in [-0.4, -0.2) is 42.9 Å². The Bertz CT molecular complexity index is 1030. The number of hydrogen-bond acceptors (Lipinski definition) is 6. The number of nitrogens with one attached hydrogen (secondary N) is 2. The maximum Gasteiger partial charge on any atom is 0.263 e. The van der Waals surface area contributed by atoms with E-state index in [1.54, 1.807) is 24.3 Å². The van der Waals surface area contributed by atoms with Gasteiger partial charge in [0.15, 0.2) is 12.4 Å². The predicted molar refractivity (Wildman–Crippen MR) is 97.3 cm³/mol. The third kappa shape index (κ3) is 3.98. The lowest BCUT2D eigenvalue weighted by molar-refractivity contribution is -0.118. The highest BCUT2D eigenvalue weighted by molar-refractivity contribution is 5.91. The molecule has 2 N–H and O–H groups in total. The molecule has 0 unspecified atom stereocenters. The number of tetrazole rings is 1. The normalized spacial score (nSPS) is 10.5. The monoisotopic (exact) mass is 361 g/mol. The van der Waals surface area contributed by atoms with Gasteiger partial charge in [-0.25, -0.2) is 4.68 Å². The van der Waals surface area contributed by atoms with Crippen LogP contribution >= 0.6 is 0 Å². The largest absolute Gasteiger partial charge is 0.484 e. The standard InChI is InChI=1S/C18H15N7O2/c26-18(20-17-10-16(21-22-17)13-5-2-1-3-6-13)11-27-15-8-4-7-14(9-15)25-12-19-23-24-25/h1-10,12H,11H2,(H2,20,21,22,26). The number of hydrogen-bond donors (Lipinski definition) is 2. The van der Waals surface area contributed by atoms with Crippen molar-refractivity contribution in [3.05, 3.63) is 67.0 Å². The summed E-state index contributed by atoms with van der Waals surface area (Å²) in [6.07, 6.45) is 1.48. The molecule has 0 saturated carbocycles. The smallest absolute Gasteiger partial charge is 0.263 e. The van der Waals surface area contributed by atoms with Crippen LogP contribution in [0.15, 0.2) is 67.0 Å². The number of aromatic nitrogens is 6. The fourth-order valence-electron chi connectivity index (χ4n) is 2.47. The van der Waals surface area contributed by atoms with E-state index < -0.39 is 0 Å². The second kappa shape index (κ2) is 7.48. The van der Waals surface area contributed by atoms with Crippen LogP contribution in [-0.2, 0) is 4.79 Å². The fraction of sp³-hybridized carbons (Fsp3) is 0.0556. The van der Waals surface area contributed by atoms with Crippen LogP contribution in [0.2, 0.25) is 0 Å². The van der Waals surface area contributed by atoms with Crippen LogP contribution in [0.4, 0.5) is 5.82 Å². The molecule has 0 saturated heterocycles. The Morgan fingerprint density at radius 1 is 1.11 bits per heavy atom. The number of carbonyl (C=O) groups is 1. The van der Waals surface area contributed by atoms with Gasteiger partial charge in [0, 0.05) is 12.1 Å². The molecule has 2 aromatic carbocycles. The van der Waals surface area contributed by atoms with E-state index in [2.05, 4.69) is 31.0 Å². The Balaban J connectivity index is 1.35. The minimum absolute atomic E-state index is 0.146. The first-order chi connectivity index (χ1) is 13.3. The zero-order valence-electron chi connectivity index (χ0n) is 14.1. The zero-order valence-corrected chi connectivity index (χ0v) is 14.1. The van der Waals surface area contributed by atoms with Crippen molar-refractivity contribution in [3.63, 3.8) is 0 Å². The van der Waals surface area contributed by atoms with Crippen molar-refractivity contribution in [2.45, 2.75) is 0 Å². The van der Waals surface area contributed by atoms with Crippen LogP contribution in [0, 0.1) is 0 Å². The molecule has 4 rings (SSSR count). The zero-order chi connectivity index (χ0) is 18.5. The molecular formula is C18H15N7O2. The van der Waals surface area contributed by atoms with Gasteiger partial charge in [-0.3, -0.25) is 9.89 Å². The summed E-state index contributed by atoms with van der Waals surface area (Å²) < 4.78 is 7.04. The summed E-state index contributed by atoms with van der Waals surface area (Å²) in [4.78, 5) is 12.1. The van der Waals surface area contributed by atoms with E-state index in [0.717, 1.165) is 16.9 Å². The fourth-order valence-corrected chi connectivity index (χ4v) is 2.47. The number of amides is 1. The van der Waals surface area contributed by atoms with Crippen molar-refractivity contribution in [2.75, 3.05) is 11.9 Å². The average molecular weight is 361 g/mol. The molecule has 0 radical (unpaired) electrons. The minimum Gasteiger partial charge on any atom is -0.484 e. The topological polar surface area (TPSA) is 111 Å². The third-order valence-corrected chi connectivity index (χ3v) is 3.73. The first-order valence-corrected chi connectivity index (χ1v) is 8.15. The number of nitrogens with zero attached hydrogens (tertiary/aromatic N) is 5. The van der Waals surface area contributed by atoms with Crippen molar-refractivity contribution in [2.24, 2.45) is 0 Å². The third-order valence-electron chi connectivity index (χ3n) is 3.73. The van der Waals surface area contributed by atoms with Gasteiger partial charge in [-0.1, -0.05) is 36.4 Å². The lowest BCUT2D eigenvalue weighted by Crippen LogP contribution is -2.20. The van der Waals surface area contributed by atoms with Gasteiger partial charge in [0.25, 0.3) is 5.91 Å². The lowest BCUT2D eigenvalue weighted by Gasteiger charge is -2.07. The molecule has 0 spiro atoms. The van der Waals surface area contributed by atoms with Gasteiger partial charge in [0.05, 0.1) is 11.4 Å². The summed E-state index contributed by atoms with van der Waals surface area (Å²) in [7, 11) is 0. The molecule has 27 heavy (non-hydrogen) atoms. The van der Waals surface area contributed by atoms with E-state index in [9.17, 15) is 4.79 Å². The van der Waals surface area contributed by atoms with Crippen LogP contribution in [0.25, 0.3) is 16.9 Å². The Morgan fingerprint density at radius 2 is 2.00 bits per heavy atom. The van der Waals surface area contributed by atoms with E-state index in [1.165, 1.54) is 11.0 Å². The Morgan fingerprint density at radius 3 is 2.81 bits per heavy atom. The van der Waals surface area contributed by atoms with Gasteiger partial charge in [-0.15, -0.1) is 5.10 Å². The quantitative estimate of drug-likeness (QED) is 0.544. The lowest BCUT2D eigenvalue weighted by atomic mass is 10.2. The summed E-state index contributed by atoms with van der Waals surface area (Å²) in [5.74, 6) is 0.656. The van der Waals surface area contributed by atoms with Gasteiger partial charge < -0.3 is 10.1 Å². The molecule has 0 atom stereocenters. The SMILES string of the molecule is O=C(COc1cccc(-n2cnnn2)c1)Nc1cc(-c2ccccc2)[nH]n1. The molecule has 9 nitrogen and oxygen atoms in total. The Hall–Kier alpha value is -4.01. The molecule has 2 aromatic heterocycles. The number of aromatic amines is 1. The first-order valence-electron chi connectivity index (χ1n) is 8.15. The molecule has 9 heteroatoms. The van der Waals surface area contributed by atoms with Gasteiger partial charge >= 0.3 is 0 Å². The van der Waals surface area contributed by atoms with Gasteiger partial charge in [-0.05, 0) is 28.1 Å². The van der Waals surface area contributed by atoms with E-state index in [1.807, 2.05) is 36.4 Å². The highest BCUT2D eigenvalue weighted by atomic mass is 16.5. The van der Waals surface area contributed by atoms with Crippen molar-refractivity contribution < 1.29 is 9.53 Å². The van der Waals surface area contributed by atoms with Gasteiger partial charge in [0.2, 0.25) is 0 Å². The summed E-state index contributed by atoms with van der Waals surface area (Å²) in [6, 6.07) is 18.6. The van der Waals surface area contributed by atoms with Gasteiger partial charge in [-0.2, -0.15) is 5.10 Å². The van der Waals surface area contributed by atoms with Crippen molar-refractivity contribution in [1.82, 2.24) is 30.4 Å². The van der Waals surface area contributed by atoms with E-state index in [-0.39, 0.29) is 12.5 Å². The molecule has 1 amide bonds. The molecule has 0 aliphatic rings. The number of H-pyrrole nitrogens is 1. The van der Waals surface area contributed by atoms with Crippen molar-refractivity contribution in [3.8, 4) is 22.7 Å².